The molecule has 0 spiro atoms. The van der Waals surface area contributed by atoms with E-state index in [1.54, 1.807) is 0 Å². The molecule has 0 saturated heterocycles. The lowest BCUT2D eigenvalue weighted by Crippen LogP contribution is -2.39. The van der Waals surface area contributed by atoms with E-state index in [0.717, 1.165) is 21.9 Å². The first-order chi connectivity index (χ1) is 14.7. The summed E-state index contributed by atoms with van der Waals surface area (Å²) in [4.78, 5) is 12.5. The van der Waals surface area contributed by atoms with E-state index in [1.165, 1.54) is 5.39 Å². The quantitative estimate of drug-likeness (QED) is 0.407. The highest BCUT2D eigenvalue weighted by atomic mass is 16.5. The molecule has 152 valence electrons. The van der Waals surface area contributed by atoms with E-state index >= 15 is 0 Å². The summed E-state index contributed by atoms with van der Waals surface area (Å²) in [7, 11) is 0. The average molecular weight is 399 g/mol. The van der Waals surface area contributed by atoms with E-state index in [-0.39, 0.29) is 5.91 Å². The summed E-state index contributed by atoms with van der Waals surface area (Å²) >= 11 is 0. The van der Waals surface area contributed by atoms with Crippen molar-refractivity contribution in [3.05, 3.63) is 84.9 Å². The molecular weight excluding hydrogens is 374 g/mol. The number of ether oxygens (including phenoxy) is 2. The second kappa shape index (κ2) is 9.31. The zero-order valence-electron chi connectivity index (χ0n) is 17.0. The molecular formula is C26H25NO3. The van der Waals surface area contributed by atoms with E-state index in [4.69, 9.17) is 9.47 Å². The molecule has 30 heavy (non-hydrogen) atoms. The van der Waals surface area contributed by atoms with Gasteiger partial charge in [-0.2, -0.15) is 0 Å². The molecule has 0 saturated carbocycles. The van der Waals surface area contributed by atoms with Crippen LogP contribution in [0.15, 0.2) is 84.9 Å². The van der Waals surface area contributed by atoms with Gasteiger partial charge in [0.2, 0.25) is 0 Å². The minimum absolute atomic E-state index is 0.132. The van der Waals surface area contributed by atoms with Crippen LogP contribution in [-0.2, 0) is 4.79 Å². The van der Waals surface area contributed by atoms with Gasteiger partial charge in [-0.25, -0.2) is 0 Å². The van der Waals surface area contributed by atoms with Crippen LogP contribution in [0.2, 0.25) is 0 Å². The second-order valence-corrected chi connectivity index (χ2v) is 7.17. The molecule has 1 N–H and O–H groups in total. The molecule has 0 bridgehead atoms. The first-order valence-electron chi connectivity index (χ1n) is 10.3. The fourth-order valence-corrected chi connectivity index (χ4v) is 3.44. The van der Waals surface area contributed by atoms with Gasteiger partial charge in [-0.05, 0) is 52.2 Å². The van der Waals surface area contributed by atoms with Crippen molar-refractivity contribution in [2.45, 2.75) is 19.4 Å². The molecule has 0 unspecified atom stereocenters. The number of hydrogen-bond acceptors (Lipinski definition) is 3. The standard InChI is InChI=1S/C26H25NO3/c1-2-25(30-24-14-12-20-8-4-6-10-22(20)18-24)26(28)27-15-16-29-23-13-11-19-7-3-5-9-21(19)17-23/h3-14,17-18,25H,2,15-16H2,1H3,(H,27,28)/t25-/m0/s1. The van der Waals surface area contributed by atoms with Crippen LogP contribution >= 0.6 is 0 Å². The van der Waals surface area contributed by atoms with Gasteiger partial charge in [0, 0.05) is 0 Å². The fourth-order valence-electron chi connectivity index (χ4n) is 3.44. The van der Waals surface area contributed by atoms with Crippen LogP contribution in [-0.4, -0.2) is 25.2 Å². The van der Waals surface area contributed by atoms with Crippen molar-refractivity contribution in [3.8, 4) is 11.5 Å². The van der Waals surface area contributed by atoms with E-state index in [1.807, 2.05) is 73.7 Å². The number of amides is 1. The highest BCUT2D eigenvalue weighted by Gasteiger charge is 2.18. The van der Waals surface area contributed by atoms with Crippen molar-refractivity contribution in [1.82, 2.24) is 5.32 Å². The lowest BCUT2D eigenvalue weighted by Gasteiger charge is -2.18. The van der Waals surface area contributed by atoms with Gasteiger partial charge in [0.15, 0.2) is 6.10 Å². The molecule has 0 fully saturated rings. The van der Waals surface area contributed by atoms with Gasteiger partial charge in [0.25, 0.3) is 5.91 Å². The molecule has 4 aromatic carbocycles. The largest absolute Gasteiger partial charge is 0.492 e. The van der Waals surface area contributed by atoms with Crippen LogP contribution in [0.4, 0.5) is 0 Å². The van der Waals surface area contributed by atoms with Crippen molar-refractivity contribution in [3.63, 3.8) is 0 Å². The molecule has 4 heteroatoms. The summed E-state index contributed by atoms with van der Waals surface area (Å²) in [5.74, 6) is 1.36. The maximum absolute atomic E-state index is 12.5. The molecule has 0 heterocycles. The van der Waals surface area contributed by atoms with Crippen molar-refractivity contribution < 1.29 is 14.3 Å². The van der Waals surface area contributed by atoms with E-state index in [2.05, 4.69) is 23.5 Å². The Hall–Kier alpha value is -3.53. The van der Waals surface area contributed by atoms with E-state index in [9.17, 15) is 4.79 Å². The van der Waals surface area contributed by atoms with Gasteiger partial charge in [-0.3, -0.25) is 4.79 Å². The molecule has 4 rings (SSSR count). The molecule has 4 nitrogen and oxygen atoms in total. The normalized spacial score (nSPS) is 11.9. The van der Waals surface area contributed by atoms with Crippen LogP contribution in [0.25, 0.3) is 21.5 Å². The molecule has 4 aromatic rings. The number of hydrogen-bond donors (Lipinski definition) is 1. The van der Waals surface area contributed by atoms with E-state index < -0.39 is 6.10 Å². The molecule has 0 aliphatic heterocycles. The lowest BCUT2D eigenvalue weighted by atomic mass is 10.1. The molecule has 0 aliphatic rings. The summed E-state index contributed by atoms with van der Waals surface area (Å²) in [6.45, 7) is 2.76. The third-order valence-electron chi connectivity index (χ3n) is 5.05. The minimum atomic E-state index is -0.535. The molecule has 1 atom stereocenters. The number of carbonyl (C=O) groups is 1. The Bertz CT molecular complexity index is 1160. The SMILES string of the molecule is CC[C@H](Oc1ccc2ccccc2c1)C(=O)NCCOc1ccc2ccccc2c1. The highest BCUT2D eigenvalue weighted by molar-refractivity contribution is 5.85. The van der Waals surface area contributed by atoms with Crippen molar-refractivity contribution >= 4 is 27.5 Å². The Morgan fingerprint density at radius 1 is 0.800 bits per heavy atom. The molecule has 0 aliphatic carbocycles. The third kappa shape index (κ3) is 4.71. The van der Waals surface area contributed by atoms with Gasteiger partial charge in [-0.15, -0.1) is 0 Å². The van der Waals surface area contributed by atoms with Crippen molar-refractivity contribution in [2.75, 3.05) is 13.2 Å². The van der Waals surface area contributed by atoms with Crippen molar-refractivity contribution in [1.29, 1.82) is 0 Å². The van der Waals surface area contributed by atoms with Gasteiger partial charge in [0.05, 0.1) is 6.54 Å². The predicted molar refractivity (Wildman–Crippen MR) is 121 cm³/mol. The average Bonchev–Trinajstić information content (AvgIpc) is 2.80. The maximum atomic E-state index is 12.5. The predicted octanol–water partition coefficient (Wildman–Crippen LogP) is 5.35. The fraction of sp³-hybridized carbons (Fsp3) is 0.192. The van der Waals surface area contributed by atoms with Crippen LogP contribution in [0.3, 0.4) is 0 Å². The Balaban J connectivity index is 1.29. The Kier molecular flexibility index (Phi) is 6.14. The topological polar surface area (TPSA) is 47.6 Å². The summed E-state index contributed by atoms with van der Waals surface area (Å²) in [6, 6.07) is 28.1. The Morgan fingerprint density at radius 3 is 2.00 bits per heavy atom. The number of carbonyl (C=O) groups excluding carboxylic acids is 1. The number of rotatable bonds is 8. The smallest absolute Gasteiger partial charge is 0.261 e. The van der Waals surface area contributed by atoms with Gasteiger partial charge in [0.1, 0.15) is 18.1 Å². The molecule has 0 radical (unpaired) electrons. The number of nitrogens with one attached hydrogen (secondary N) is 1. The summed E-state index contributed by atoms with van der Waals surface area (Å²) in [6.07, 6.45) is 0.0522. The second-order valence-electron chi connectivity index (χ2n) is 7.17. The molecule has 1 amide bonds. The van der Waals surface area contributed by atoms with Crippen LogP contribution < -0.4 is 14.8 Å². The van der Waals surface area contributed by atoms with Crippen LogP contribution in [0.1, 0.15) is 13.3 Å². The highest BCUT2D eigenvalue weighted by Crippen LogP contribution is 2.22. The maximum Gasteiger partial charge on any atom is 0.261 e. The summed E-state index contributed by atoms with van der Waals surface area (Å²) < 4.78 is 11.7. The number of benzene rings is 4. The molecule has 0 aromatic heterocycles. The summed E-state index contributed by atoms with van der Waals surface area (Å²) in [5.41, 5.74) is 0. The van der Waals surface area contributed by atoms with E-state index in [0.29, 0.717) is 25.3 Å². The number of fused-ring (bicyclic) bond motifs is 2. The summed E-state index contributed by atoms with van der Waals surface area (Å²) in [5, 5.41) is 7.46. The minimum Gasteiger partial charge on any atom is -0.492 e. The zero-order valence-corrected chi connectivity index (χ0v) is 17.0. The van der Waals surface area contributed by atoms with Crippen molar-refractivity contribution in [2.24, 2.45) is 0 Å². The van der Waals surface area contributed by atoms with Gasteiger partial charge >= 0.3 is 0 Å². The van der Waals surface area contributed by atoms with Gasteiger partial charge < -0.3 is 14.8 Å². The first-order valence-corrected chi connectivity index (χ1v) is 10.3. The van der Waals surface area contributed by atoms with Gasteiger partial charge in [-0.1, -0.05) is 67.6 Å². The van der Waals surface area contributed by atoms with Crippen LogP contribution in [0, 0.1) is 0 Å². The monoisotopic (exact) mass is 399 g/mol. The van der Waals surface area contributed by atoms with Crippen LogP contribution in [0.5, 0.6) is 11.5 Å². The zero-order chi connectivity index (χ0) is 20.8. The lowest BCUT2D eigenvalue weighted by molar-refractivity contribution is -0.128. The Labute approximate surface area is 176 Å². The Morgan fingerprint density at radius 2 is 1.37 bits per heavy atom. The third-order valence-corrected chi connectivity index (χ3v) is 5.05. The first kappa shape index (κ1) is 19.8.